The number of ether oxygens (including phenoxy) is 3. The molecule has 0 aromatic heterocycles. The maximum absolute atomic E-state index is 12.4. The van der Waals surface area contributed by atoms with Crippen LogP contribution in [0, 0.1) is 6.92 Å². The number of anilines is 1. The number of rotatable bonds is 6. The summed E-state index contributed by atoms with van der Waals surface area (Å²) in [6.07, 6.45) is -0.668. The molecule has 0 fully saturated rings. The summed E-state index contributed by atoms with van der Waals surface area (Å²) in [6.45, 7) is 3.56. The van der Waals surface area contributed by atoms with Crippen molar-refractivity contribution in [1.29, 1.82) is 0 Å². The summed E-state index contributed by atoms with van der Waals surface area (Å²) in [7, 11) is 3.11. The van der Waals surface area contributed by atoms with E-state index < -0.39 is 6.10 Å². The fraction of sp³-hybridized carbons (Fsp3) is 0.278. The minimum Gasteiger partial charge on any atom is -0.493 e. The van der Waals surface area contributed by atoms with Gasteiger partial charge in [0.1, 0.15) is 5.75 Å². The molecular formula is C18H20ClNO4. The normalized spacial score (nSPS) is 11.5. The molecule has 0 unspecified atom stereocenters. The second-order valence-corrected chi connectivity index (χ2v) is 5.66. The van der Waals surface area contributed by atoms with Crippen LogP contribution in [0.2, 0.25) is 5.02 Å². The summed E-state index contributed by atoms with van der Waals surface area (Å²) >= 11 is 5.83. The van der Waals surface area contributed by atoms with Crippen molar-refractivity contribution in [3.63, 3.8) is 0 Å². The highest BCUT2D eigenvalue weighted by molar-refractivity contribution is 6.30. The van der Waals surface area contributed by atoms with Crippen molar-refractivity contribution in [3.8, 4) is 17.2 Å². The van der Waals surface area contributed by atoms with Crippen LogP contribution in [0.1, 0.15) is 12.5 Å². The van der Waals surface area contributed by atoms with Crippen molar-refractivity contribution in [1.82, 2.24) is 0 Å². The van der Waals surface area contributed by atoms with E-state index in [1.54, 1.807) is 57.5 Å². The number of methoxy groups -OCH3 is 2. The maximum Gasteiger partial charge on any atom is 0.265 e. The van der Waals surface area contributed by atoms with Gasteiger partial charge in [-0.3, -0.25) is 4.79 Å². The summed E-state index contributed by atoms with van der Waals surface area (Å²) < 4.78 is 16.1. The number of nitrogens with one attached hydrogen (secondary N) is 1. The average molecular weight is 350 g/mol. The lowest BCUT2D eigenvalue weighted by Crippen LogP contribution is -2.30. The highest BCUT2D eigenvalue weighted by atomic mass is 35.5. The molecule has 2 aromatic carbocycles. The number of carbonyl (C=O) groups excluding carboxylic acids is 1. The molecule has 0 aliphatic rings. The van der Waals surface area contributed by atoms with Crippen LogP contribution in [-0.4, -0.2) is 26.2 Å². The first-order valence-corrected chi connectivity index (χ1v) is 7.78. The molecule has 0 radical (unpaired) electrons. The van der Waals surface area contributed by atoms with Crippen LogP contribution in [0.4, 0.5) is 5.69 Å². The number of amides is 1. The molecule has 0 heterocycles. The number of carbonyl (C=O) groups is 1. The van der Waals surface area contributed by atoms with Gasteiger partial charge in [-0.05, 0) is 49.7 Å². The molecule has 1 atom stereocenters. The maximum atomic E-state index is 12.4. The SMILES string of the molecule is COc1cc(C)c(NC(=O)[C@H](C)Oc2ccc(Cl)cc2)cc1OC. The van der Waals surface area contributed by atoms with E-state index in [0.29, 0.717) is 28.0 Å². The Balaban J connectivity index is 2.09. The Morgan fingerprint density at radius 1 is 1.08 bits per heavy atom. The molecule has 5 nitrogen and oxygen atoms in total. The van der Waals surface area contributed by atoms with Gasteiger partial charge in [-0.15, -0.1) is 0 Å². The second-order valence-electron chi connectivity index (χ2n) is 5.23. The monoisotopic (exact) mass is 349 g/mol. The Kier molecular flexibility index (Phi) is 5.93. The first-order valence-electron chi connectivity index (χ1n) is 7.40. The molecule has 1 amide bonds. The predicted molar refractivity (Wildman–Crippen MR) is 94.5 cm³/mol. The zero-order chi connectivity index (χ0) is 17.7. The largest absolute Gasteiger partial charge is 0.493 e. The van der Waals surface area contributed by atoms with Gasteiger partial charge in [-0.25, -0.2) is 0 Å². The fourth-order valence-corrected chi connectivity index (χ4v) is 2.25. The molecule has 1 N–H and O–H groups in total. The van der Waals surface area contributed by atoms with Crippen LogP contribution >= 0.6 is 11.6 Å². The van der Waals surface area contributed by atoms with E-state index in [-0.39, 0.29) is 5.91 Å². The Morgan fingerprint density at radius 2 is 1.67 bits per heavy atom. The van der Waals surface area contributed by atoms with Gasteiger partial charge in [0.25, 0.3) is 5.91 Å². The fourth-order valence-electron chi connectivity index (χ4n) is 2.12. The van der Waals surface area contributed by atoms with Crippen LogP contribution in [0.3, 0.4) is 0 Å². The minimum absolute atomic E-state index is 0.264. The van der Waals surface area contributed by atoms with Crippen molar-refractivity contribution in [2.24, 2.45) is 0 Å². The number of hydrogen-bond donors (Lipinski definition) is 1. The molecule has 24 heavy (non-hydrogen) atoms. The van der Waals surface area contributed by atoms with E-state index in [4.69, 9.17) is 25.8 Å². The van der Waals surface area contributed by atoms with Crippen LogP contribution < -0.4 is 19.5 Å². The van der Waals surface area contributed by atoms with Gasteiger partial charge in [0.15, 0.2) is 17.6 Å². The third-order valence-corrected chi connectivity index (χ3v) is 3.74. The number of benzene rings is 2. The lowest BCUT2D eigenvalue weighted by Gasteiger charge is -2.17. The van der Waals surface area contributed by atoms with Crippen LogP contribution in [-0.2, 0) is 4.79 Å². The van der Waals surface area contributed by atoms with Crippen molar-refractivity contribution in [2.45, 2.75) is 20.0 Å². The zero-order valence-corrected chi connectivity index (χ0v) is 14.8. The van der Waals surface area contributed by atoms with Crippen LogP contribution in [0.15, 0.2) is 36.4 Å². The van der Waals surface area contributed by atoms with Crippen molar-refractivity contribution < 1.29 is 19.0 Å². The van der Waals surface area contributed by atoms with Gasteiger partial charge in [0.05, 0.1) is 14.2 Å². The van der Waals surface area contributed by atoms with Crippen molar-refractivity contribution in [2.75, 3.05) is 19.5 Å². The van der Waals surface area contributed by atoms with E-state index in [2.05, 4.69) is 5.32 Å². The predicted octanol–water partition coefficient (Wildman–Crippen LogP) is 4.07. The van der Waals surface area contributed by atoms with E-state index in [1.165, 1.54) is 0 Å². The van der Waals surface area contributed by atoms with E-state index in [9.17, 15) is 4.79 Å². The topological polar surface area (TPSA) is 56.8 Å². The Bertz CT molecular complexity index is 716. The average Bonchev–Trinajstić information content (AvgIpc) is 2.58. The van der Waals surface area contributed by atoms with Gasteiger partial charge in [-0.1, -0.05) is 11.6 Å². The Hall–Kier alpha value is -2.40. The molecular weight excluding hydrogens is 330 g/mol. The molecule has 2 aromatic rings. The summed E-state index contributed by atoms with van der Waals surface area (Å²) in [5.74, 6) is 1.47. The standard InChI is InChI=1S/C18H20ClNO4/c1-11-9-16(22-3)17(23-4)10-15(11)20-18(21)12(2)24-14-7-5-13(19)6-8-14/h5-10,12H,1-4H3,(H,20,21)/t12-/m0/s1. The molecule has 0 aliphatic heterocycles. The quantitative estimate of drug-likeness (QED) is 0.854. The van der Waals surface area contributed by atoms with E-state index in [0.717, 1.165) is 5.56 Å². The van der Waals surface area contributed by atoms with Crippen LogP contribution in [0.5, 0.6) is 17.2 Å². The lowest BCUT2D eigenvalue weighted by molar-refractivity contribution is -0.122. The highest BCUT2D eigenvalue weighted by Gasteiger charge is 2.17. The summed E-state index contributed by atoms with van der Waals surface area (Å²) in [5.41, 5.74) is 1.50. The molecule has 2 rings (SSSR count). The summed E-state index contributed by atoms with van der Waals surface area (Å²) in [6, 6.07) is 10.4. The molecule has 128 valence electrons. The number of halogens is 1. The zero-order valence-electron chi connectivity index (χ0n) is 14.1. The third-order valence-electron chi connectivity index (χ3n) is 3.48. The van der Waals surface area contributed by atoms with Crippen molar-refractivity contribution in [3.05, 3.63) is 47.0 Å². The number of hydrogen-bond acceptors (Lipinski definition) is 4. The van der Waals surface area contributed by atoms with Crippen molar-refractivity contribution >= 4 is 23.2 Å². The molecule has 0 saturated carbocycles. The molecule has 0 bridgehead atoms. The smallest absolute Gasteiger partial charge is 0.265 e. The molecule has 0 saturated heterocycles. The molecule has 6 heteroatoms. The van der Waals surface area contributed by atoms with Gasteiger partial charge in [0, 0.05) is 16.8 Å². The lowest BCUT2D eigenvalue weighted by atomic mass is 10.1. The molecule has 0 spiro atoms. The van der Waals surface area contributed by atoms with Gasteiger partial charge < -0.3 is 19.5 Å². The first-order chi connectivity index (χ1) is 11.4. The van der Waals surface area contributed by atoms with Gasteiger partial charge in [-0.2, -0.15) is 0 Å². The Morgan fingerprint density at radius 3 is 2.25 bits per heavy atom. The van der Waals surface area contributed by atoms with E-state index in [1.807, 2.05) is 6.92 Å². The highest BCUT2D eigenvalue weighted by Crippen LogP contribution is 2.33. The first kappa shape index (κ1) is 17.9. The summed E-state index contributed by atoms with van der Waals surface area (Å²) in [5, 5.41) is 3.45. The minimum atomic E-state index is -0.668. The van der Waals surface area contributed by atoms with Gasteiger partial charge in [0.2, 0.25) is 0 Å². The number of aryl methyl sites for hydroxylation is 1. The Labute approximate surface area is 146 Å². The third kappa shape index (κ3) is 4.32. The van der Waals surface area contributed by atoms with Crippen LogP contribution in [0.25, 0.3) is 0 Å². The van der Waals surface area contributed by atoms with Gasteiger partial charge >= 0.3 is 0 Å². The van der Waals surface area contributed by atoms with E-state index >= 15 is 0 Å². The molecule has 0 aliphatic carbocycles. The second kappa shape index (κ2) is 7.93. The summed E-state index contributed by atoms with van der Waals surface area (Å²) in [4.78, 5) is 12.4.